The minimum Gasteiger partial charge on any atom is -0.490 e. The van der Waals surface area contributed by atoms with Crippen molar-refractivity contribution in [2.45, 2.75) is 38.8 Å². The zero-order chi connectivity index (χ0) is 19.2. The lowest BCUT2D eigenvalue weighted by Gasteiger charge is -2.34. The van der Waals surface area contributed by atoms with Gasteiger partial charge in [-0.05, 0) is 44.9 Å². The fraction of sp³-hybridized carbons (Fsp3) is 0.650. The largest absolute Gasteiger partial charge is 0.490 e. The highest BCUT2D eigenvalue weighted by Crippen LogP contribution is 2.33. The Morgan fingerprint density at radius 2 is 2.11 bits per heavy atom. The van der Waals surface area contributed by atoms with Crippen LogP contribution in [0.1, 0.15) is 26.7 Å². The number of carbonyl (C=O) groups is 1. The van der Waals surface area contributed by atoms with Crippen LogP contribution in [0.15, 0.2) is 18.2 Å². The van der Waals surface area contributed by atoms with Crippen molar-refractivity contribution < 1.29 is 14.3 Å². The quantitative estimate of drug-likeness (QED) is 0.768. The molecule has 2 aliphatic heterocycles. The molecule has 1 amide bonds. The number of likely N-dealkylation sites (tertiary alicyclic amines) is 1. The fourth-order valence-electron chi connectivity index (χ4n) is 3.58. The molecule has 1 fully saturated rings. The highest BCUT2D eigenvalue weighted by atomic mass is 35.5. The van der Waals surface area contributed by atoms with Crippen molar-refractivity contribution >= 4 is 23.2 Å². The SMILES string of the molecule is CC(C)OCCN1CCC(NC(=O)CN2CCOc3ccc(Cl)cc32)CC1. The van der Waals surface area contributed by atoms with E-state index in [0.717, 1.165) is 50.5 Å². The Labute approximate surface area is 166 Å². The second-order valence-corrected chi connectivity index (χ2v) is 7.92. The van der Waals surface area contributed by atoms with Gasteiger partial charge in [0, 0.05) is 30.7 Å². The standard InChI is InChI=1S/C20H30ClN3O3/c1-15(2)26-11-9-23-7-5-17(6-8-23)22-20(25)14-24-10-12-27-19-4-3-16(21)13-18(19)24/h3-4,13,15,17H,5-12,14H2,1-2H3,(H,22,25). The molecule has 7 heteroatoms. The van der Waals surface area contributed by atoms with Crippen LogP contribution in [0.25, 0.3) is 0 Å². The molecule has 0 spiro atoms. The number of carbonyl (C=O) groups excluding carboxylic acids is 1. The number of ether oxygens (including phenoxy) is 2. The summed E-state index contributed by atoms with van der Waals surface area (Å²) in [6, 6.07) is 5.78. The van der Waals surface area contributed by atoms with E-state index in [1.165, 1.54) is 0 Å². The van der Waals surface area contributed by atoms with Gasteiger partial charge in [-0.2, -0.15) is 0 Å². The second kappa shape index (κ2) is 9.62. The molecular formula is C20H30ClN3O3. The lowest BCUT2D eigenvalue weighted by atomic mass is 10.1. The monoisotopic (exact) mass is 395 g/mol. The fourth-order valence-corrected chi connectivity index (χ4v) is 3.74. The van der Waals surface area contributed by atoms with Gasteiger partial charge in [0.2, 0.25) is 5.91 Å². The average Bonchev–Trinajstić information content (AvgIpc) is 2.63. The Hall–Kier alpha value is -1.50. The molecule has 3 rings (SSSR count). The third-order valence-corrected chi connectivity index (χ3v) is 5.26. The molecule has 150 valence electrons. The lowest BCUT2D eigenvalue weighted by Crippen LogP contribution is -2.48. The first kappa shape index (κ1) is 20.2. The first-order valence-corrected chi connectivity index (χ1v) is 10.2. The summed E-state index contributed by atoms with van der Waals surface area (Å²) in [5, 5.41) is 3.85. The number of rotatable bonds is 7. The Morgan fingerprint density at radius 1 is 1.33 bits per heavy atom. The highest BCUT2D eigenvalue weighted by molar-refractivity contribution is 6.31. The van der Waals surface area contributed by atoms with Gasteiger partial charge in [0.05, 0.1) is 31.5 Å². The zero-order valence-electron chi connectivity index (χ0n) is 16.2. The lowest BCUT2D eigenvalue weighted by molar-refractivity contribution is -0.120. The smallest absolute Gasteiger partial charge is 0.239 e. The molecule has 0 radical (unpaired) electrons. The number of benzene rings is 1. The van der Waals surface area contributed by atoms with Gasteiger partial charge >= 0.3 is 0 Å². The minimum absolute atomic E-state index is 0.0596. The molecule has 27 heavy (non-hydrogen) atoms. The highest BCUT2D eigenvalue weighted by Gasteiger charge is 2.24. The van der Waals surface area contributed by atoms with Crippen molar-refractivity contribution in [1.29, 1.82) is 0 Å². The van der Waals surface area contributed by atoms with E-state index in [2.05, 4.69) is 24.1 Å². The van der Waals surface area contributed by atoms with Crippen LogP contribution in [0.3, 0.4) is 0 Å². The van der Waals surface area contributed by atoms with Crippen LogP contribution >= 0.6 is 11.6 Å². The number of nitrogens with zero attached hydrogens (tertiary/aromatic N) is 2. The van der Waals surface area contributed by atoms with Crippen molar-refractivity contribution in [1.82, 2.24) is 10.2 Å². The number of fused-ring (bicyclic) bond motifs is 1. The number of anilines is 1. The van der Waals surface area contributed by atoms with Crippen LogP contribution in [-0.4, -0.2) is 68.9 Å². The van der Waals surface area contributed by atoms with E-state index in [9.17, 15) is 4.79 Å². The Bertz CT molecular complexity index is 633. The third-order valence-electron chi connectivity index (χ3n) is 5.03. The average molecular weight is 396 g/mol. The maximum absolute atomic E-state index is 12.5. The van der Waals surface area contributed by atoms with Gasteiger partial charge in [0.15, 0.2) is 0 Å². The summed E-state index contributed by atoms with van der Waals surface area (Å²) in [5.74, 6) is 0.847. The third kappa shape index (κ3) is 5.99. The van der Waals surface area contributed by atoms with Crippen molar-refractivity contribution in [3.05, 3.63) is 23.2 Å². The van der Waals surface area contributed by atoms with Gasteiger partial charge in [-0.25, -0.2) is 0 Å². The maximum Gasteiger partial charge on any atom is 0.239 e. The number of piperidine rings is 1. The van der Waals surface area contributed by atoms with Gasteiger partial charge in [0.25, 0.3) is 0 Å². The predicted molar refractivity (Wildman–Crippen MR) is 108 cm³/mol. The topological polar surface area (TPSA) is 54.0 Å². The van der Waals surface area contributed by atoms with Crippen LogP contribution < -0.4 is 15.0 Å². The molecule has 1 saturated heterocycles. The predicted octanol–water partition coefficient (Wildman–Crippen LogP) is 2.54. The molecule has 1 N–H and O–H groups in total. The molecule has 0 saturated carbocycles. The summed E-state index contributed by atoms with van der Waals surface area (Å²) in [7, 11) is 0. The van der Waals surface area contributed by atoms with Crippen LogP contribution in [-0.2, 0) is 9.53 Å². The van der Waals surface area contributed by atoms with E-state index in [1.807, 2.05) is 23.1 Å². The number of halogens is 1. The molecule has 0 unspecified atom stereocenters. The second-order valence-electron chi connectivity index (χ2n) is 7.49. The number of hydrogen-bond donors (Lipinski definition) is 1. The summed E-state index contributed by atoms with van der Waals surface area (Å²) >= 11 is 6.10. The normalized spacial score (nSPS) is 18.3. The first-order valence-electron chi connectivity index (χ1n) is 9.82. The van der Waals surface area contributed by atoms with E-state index < -0.39 is 0 Å². The molecule has 1 aromatic carbocycles. The van der Waals surface area contributed by atoms with Crippen LogP contribution in [0.2, 0.25) is 5.02 Å². The molecule has 2 aliphatic rings. The van der Waals surface area contributed by atoms with Crippen molar-refractivity contribution in [3.63, 3.8) is 0 Å². The van der Waals surface area contributed by atoms with Gasteiger partial charge in [-0.1, -0.05) is 11.6 Å². The van der Waals surface area contributed by atoms with Crippen molar-refractivity contribution in [3.8, 4) is 5.75 Å². The van der Waals surface area contributed by atoms with Gasteiger partial charge in [-0.15, -0.1) is 0 Å². The molecular weight excluding hydrogens is 366 g/mol. The van der Waals surface area contributed by atoms with Gasteiger partial charge in [0.1, 0.15) is 12.4 Å². The molecule has 2 heterocycles. The van der Waals surface area contributed by atoms with E-state index >= 15 is 0 Å². The number of nitrogens with one attached hydrogen (secondary N) is 1. The summed E-state index contributed by atoms with van der Waals surface area (Å²) in [4.78, 5) is 17.0. The number of amides is 1. The summed E-state index contributed by atoms with van der Waals surface area (Å²) in [5.41, 5.74) is 0.892. The molecule has 0 aliphatic carbocycles. The molecule has 6 nitrogen and oxygen atoms in total. The van der Waals surface area contributed by atoms with Crippen molar-refractivity contribution in [2.75, 3.05) is 50.8 Å². The van der Waals surface area contributed by atoms with Crippen LogP contribution in [0, 0.1) is 0 Å². The molecule has 0 atom stereocenters. The molecule has 0 aromatic heterocycles. The van der Waals surface area contributed by atoms with Crippen molar-refractivity contribution in [2.24, 2.45) is 0 Å². The van der Waals surface area contributed by atoms with Crippen LogP contribution in [0.5, 0.6) is 5.75 Å². The van der Waals surface area contributed by atoms with E-state index in [0.29, 0.717) is 24.7 Å². The molecule has 0 bridgehead atoms. The van der Waals surface area contributed by atoms with Gasteiger partial charge < -0.3 is 24.6 Å². The van der Waals surface area contributed by atoms with E-state index in [-0.39, 0.29) is 18.1 Å². The van der Waals surface area contributed by atoms with E-state index in [1.54, 1.807) is 0 Å². The number of hydrogen-bond acceptors (Lipinski definition) is 5. The summed E-state index contributed by atoms with van der Waals surface area (Å²) < 4.78 is 11.3. The summed E-state index contributed by atoms with van der Waals surface area (Å²) in [6.07, 6.45) is 2.25. The van der Waals surface area contributed by atoms with Crippen LogP contribution in [0.4, 0.5) is 5.69 Å². The maximum atomic E-state index is 12.5. The Balaban J connectivity index is 1.43. The van der Waals surface area contributed by atoms with E-state index in [4.69, 9.17) is 21.1 Å². The zero-order valence-corrected chi connectivity index (χ0v) is 17.0. The Kier molecular flexibility index (Phi) is 7.21. The summed E-state index contributed by atoms with van der Waals surface area (Å²) in [6.45, 7) is 9.46. The van der Waals surface area contributed by atoms with Gasteiger partial charge in [-0.3, -0.25) is 4.79 Å². The Morgan fingerprint density at radius 3 is 2.85 bits per heavy atom. The molecule has 1 aromatic rings. The minimum atomic E-state index is 0.0596. The first-order chi connectivity index (χ1) is 13.0.